The van der Waals surface area contributed by atoms with Crippen molar-refractivity contribution in [1.82, 2.24) is 5.32 Å². The summed E-state index contributed by atoms with van der Waals surface area (Å²) in [6.07, 6.45) is 8.48. The fraction of sp³-hybridized carbons (Fsp3) is 0.545. The van der Waals surface area contributed by atoms with Gasteiger partial charge in [-0.15, -0.1) is 0 Å². The Morgan fingerprint density at radius 1 is 1.19 bits per heavy atom. The highest BCUT2D eigenvalue weighted by molar-refractivity contribution is 6.29. The Hall–Kier alpha value is -1.16. The van der Waals surface area contributed by atoms with Crippen molar-refractivity contribution in [3.63, 3.8) is 0 Å². The number of hydrogen-bond acceptors (Lipinski definition) is 3. The van der Waals surface area contributed by atoms with Gasteiger partial charge in [0.1, 0.15) is 0 Å². The van der Waals surface area contributed by atoms with Crippen molar-refractivity contribution in [3.8, 4) is 0 Å². The molecule has 5 N–H and O–H groups in total. The van der Waals surface area contributed by atoms with E-state index in [1.165, 1.54) is 31.4 Å². The molecule has 0 saturated heterocycles. The molecule has 1 aliphatic carbocycles. The third-order valence-corrected chi connectivity index (χ3v) is 2.75. The predicted octanol–water partition coefficient (Wildman–Crippen LogP) is 1.32. The molecule has 0 bridgehead atoms. The van der Waals surface area contributed by atoms with Gasteiger partial charge in [-0.05, 0) is 25.0 Å². The first-order valence-electron chi connectivity index (χ1n) is 5.49. The summed E-state index contributed by atoms with van der Waals surface area (Å²) in [6, 6.07) is 0.255. The normalized spacial score (nSPS) is 19.6. The molecular formula is C11H18ClN3O. The van der Waals surface area contributed by atoms with Crippen molar-refractivity contribution in [2.24, 2.45) is 11.5 Å². The SMILES string of the molecule is N/C(=C\C=C(/N)Cl)C(=O)NC1CCCCC1. The van der Waals surface area contributed by atoms with Crippen LogP contribution in [0.25, 0.3) is 0 Å². The van der Waals surface area contributed by atoms with Gasteiger partial charge in [0.05, 0.1) is 10.9 Å². The molecule has 5 heteroatoms. The largest absolute Gasteiger partial charge is 0.394 e. The van der Waals surface area contributed by atoms with Gasteiger partial charge < -0.3 is 16.8 Å². The number of carbonyl (C=O) groups excluding carboxylic acids is 1. The molecule has 0 unspecified atom stereocenters. The van der Waals surface area contributed by atoms with Gasteiger partial charge in [0.2, 0.25) is 0 Å². The number of halogens is 1. The van der Waals surface area contributed by atoms with Gasteiger partial charge in [-0.3, -0.25) is 4.79 Å². The Morgan fingerprint density at radius 3 is 2.38 bits per heavy atom. The zero-order chi connectivity index (χ0) is 12.0. The second-order valence-electron chi connectivity index (χ2n) is 3.98. The number of nitrogens with one attached hydrogen (secondary N) is 1. The van der Waals surface area contributed by atoms with E-state index in [-0.39, 0.29) is 22.8 Å². The van der Waals surface area contributed by atoms with E-state index in [1.807, 2.05) is 0 Å². The van der Waals surface area contributed by atoms with Crippen LogP contribution in [-0.2, 0) is 4.79 Å². The molecular weight excluding hydrogens is 226 g/mol. The van der Waals surface area contributed by atoms with Gasteiger partial charge in [0.25, 0.3) is 5.91 Å². The Morgan fingerprint density at radius 2 is 1.81 bits per heavy atom. The van der Waals surface area contributed by atoms with E-state index < -0.39 is 0 Å². The van der Waals surface area contributed by atoms with Crippen molar-refractivity contribution in [1.29, 1.82) is 0 Å². The lowest BCUT2D eigenvalue weighted by Crippen LogP contribution is -2.38. The first kappa shape index (κ1) is 12.9. The molecule has 1 rings (SSSR count). The van der Waals surface area contributed by atoms with Crippen LogP contribution in [0, 0.1) is 0 Å². The third-order valence-electron chi connectivity index (χ3n) is 2.62. The first-order chi connectivity index (χ1) is 7.59. The Kier molecular flexibility index (Phi) is 5.19. The van der Waals surface area contributed by atoms with Gasteiger partial charge in [0.15, 0.2) is 0 Å². The monoisotopic (exact) mass is 243 g/mol. The van der Waals surface area contributed by atoms with Gasteiger partial charge in [-0.1, -0.05) is 30.9 Å². The minimum Gasteiger partial charge on any atom is -0.394 e. The highest BCUT2D eigenvalue weighted by atomic mass is 35.5. The van der Waals surface area contributed by atoms with Gasteiger partial charge >= 0.3 is 0 Å². The Bertz CT molecular complexity index is 302. The smallest absolute Gasteiger partial charge is 0.267 e. The lowest BCUT2D eigenvalue weighted by Gasteiger charge is -2.22. The molecule has 4 nitrogen and oxygen atoms in total. The summed E-state index contributed by atoms with van der Waals surface area (Å²) in [4.78, 5) is 11.6. The molecule has 16 heavy (non-hydrogen) atoms. The standard InChI is InChI=1S/C11H18ClN3O/c12-10(14)7-6-9(13)11(16)15-8-4-2-1-3-5-8/h6-8H,1-5,13-14H2,(H,15,16)/b9-6-,10-7-. The summed E-state index contributed by atoms with van der Waals surface area (Å²) < 4.78 is 0. The molecule has 0 aromatic carbocycles. The summed E-state index contributed by atoms with van der Waals surface area (Å²) in [5.74, 6) is -0.249. The van der Waals surface area contributed by atoms with Gasteiger partial charge in [-0.25, -0.2) is 0 Å². The van der Waals surface area contributed by atoms with Crippen LogP contribution in [-0.4, -0.2) is 11.9 Å². The second-order valence-corrected chi connectivity index (χ2v) is 4.42. The van der Waals surface area contributed by atoms with Crippen LogP contribution in [0.4, 0.5) is 0 Å². The molecule has 1 aliphatic rings. The average molecular weight is 244 g/mol. The summed E-state index contributed by atoms with van der Waals surface area (Å²) in [7, 11) is 0. The van der Waals surface area contributed by atoms with Crippen LogP contribution in [0.3, 0.4) is 0 Å². The molecule has 0 aliphatic heterocycles. The first-order valence-corrected chi connectivity index (χ1v) is 5.86. The predicted molar refractivity (Wildman–Crippen MR) is 65.4 cm³/mol. The van der Waals surface area contributed by atoms with E-state index in [4.69, 9.17) is 23.1 Å². The average Bonchev–Trinajstić information content (AvgIpc) is 2.27. The number of amides is 1. The molecule has 0 atom stereocenters. The fourth-order valence-electron chi connectivity index (χ4n) is 1.76. The Labute approximate surface area is 101 Å². The van der Waals surface area contributed by atoms with Crippen LogP contribution in [0.5, 0.6) is 0 Å². The molecule has 90 valence electrons. The number of rotatable bonds is 3. The quantitative estimate of drug-likeness (QED) is 0.397. The summed E-state index contributed by atoms with van der Waals surface area (Å²) in [6.45, 7) is 0. The molecule has 0 spiro atoms. The van der Waals surface area contributed by atoms with Crippen molar-refractivity contribution < 1.29 is 4.79 Å². The molecule has 1 amide bonds. The molecule has 0 aromatic heterocycles. The van der Waals surface area contributed by atoms with Crippen LogP contribution in [0.2, 0.25) is 0 Å². The minimum absolute atomic E-state index is 0.105. The van der Waals surface area contributed by atoms with Crippen molar-refractivity contribution >= 4 is 17.5 Å². The maximum atomic E-state index is 11.6. The number of allylic oxidation sites excluding steroid dienone is 2. The third kappa shape index (κ3) is 4.57. The van der Waals surface area contributed by atoms with Crippen LogP contribution >= 0.6 is 11.6 Å². The molecule has 0 aromatic rings. The van der Waals surface area contributed by atoms with E-state index in [0.717, 1.165) is 12.8 Å². The molecule has 1 saturated carbocycles. The van der Waals surface area contributed by atoms with Crippen molar-refractivity contribution in [3.05, 3.63) is 23.0 Å². The molecule has 0 heterocycles. The molecule has 0 radical (unpaired) electrons. The van der Waals surface area contributed by atoms with E-state index >= 15 is 0 Å². The fourth-order valence-corrected chi connectivity index (χ4v) is 1.82. The van der Waals surface area contributed by atoms with E-state index in [9.17, 15) is 4.79 Å². The maximum Gasteiger partial charge on any atom is 0.267 e. The van der Waals surface area contributed by atoms with Crippen LogP contribution in [0.15, 0.2) is 23.0 Å². The summed E-state index contributed by atoms with van der Waals surface area (Å²) in [5.41, 5.74) is 10.9. The summed E-state index contributed by atoms with van der Waals surface area (Å²) >= 11 is 5.43. The zero-order valence-corrected chi connectivity index (χ0v) is 9.96. The van der Waals surface area contributed by atoms with E-state index in [2.05, 4.69) is 5.32 Å². The van der Waals surface area contributed by atoms with Crippen LogP contribution < -0.4 is 16.8 Å². The van der Waals surface area contributed by atoms with Crippen molar-refractivity contribution in [2.75, 3.05) is 0 Å². The van der Waals surface area contributed by atoms with Crippen molar-refractivity contribution in [2.45, 2.75) is 38.1 Å². The lowest BCUT2D eigenvalue weighted by atomic mass is 9.95. The second kappa shape index (κ2) is 6.43. The van der Waals surface area contributed by atoms with E-state index in [0.29, 0.717) is 0 Å². The Balaban J connectivity index is 2.44. The minimum atomic E-state index is -0.249. The maximum absolute atomic E-state index is 11.6. The highest BCUT2D eigenvalue weighted by Gasteiger charge is 2.16. The topological polar surface area (TPSA) is 81.1 Å². The zero-order valence-electron chi connectivity index (χ0n) is 9.21. The van der Waals surface area contributed by atoms with Gasteiger partial charge in [-0.2, -0.15) is 0 Å². The van der Waals surface area contributed by atoms with Crippen LogP contribution in [0.1, 0.15) is 32.1 Å². The number of hydrogen-bond donors (Lipinski definition) is 3. The highest BCUT2D eigenvalue weighted by Crippen LogP contribution is 2.17. The lowest BCUT2D eigenvalue weighted by molar-refractivity contribution is -0.118. The molecule has 1 fully saturated rings. The number of carbonyl (C=O) groups is 1. The van der Waals surface area contributed by atoms with E-state index in [1.54, 1.807) is 0 Å². The van der Waals surface area contributed by atoms with Gasteiger partial charge in [0, 0.05) is 6.04 Å². The summed E-state index contributed by atoms with van der Waals surface area (Å²) in [5, 5.41) is 3.00. The number of nitrogens with two attached hydrogens (primary N) is 2.